The van der Waals surface area contributed by atoms with Gasteiger partial charge in [0.05, 0.1) is 19.9 Å². The average Bonchev–Trinajstić information content (AvgIpc) is 3.11. The normalized spacial score (nSPS) is 11.1. The Bertz CT molecular complexity index is 795. The van der Waals surface area contributed by atoms with E-state index in [1.807, 2.05) is 0 Å². The number of carbonyl (C=O) groups is 1. The van der Waals surface area contributed by atoms with Crippen molar-refractivity contribution < 1.29 is 27.5 Å². The van der Waals surface area contributed by atoms with Crippen molar-refractivity contribution in [2.24, 2.45) is 0 Å². The van der Waals surface area contributed by atoms with E-state index in [0.29, 0.717) is 11.5 Å². The fourth-order valence-corrected chi connectivity index (χ4v) is 1.95. The zero-order valence-corrected chi connectivity index (χ0v) is 13.2. The van der Waals surface area contributed by atoms with Crippen molar-refractivity contribution in [2.45, 2.75) is 13.2 Å². The predicted molar refractivity (Wildman–Crippen MR) is 83.8 cm³/mol. The van der Waals surface area contributed by atoms with Crippen LogP contribution in [0, 0.1) is 11.3 Å². The van der Waals surface area contributed by atoms with Gasteiger partial charge in [-0.3, -0.25) is 4.79 Å². The highest BCUT2D eigenvalue weighted by Gasteiger charge is 2.14. The van der Waals surface area contributed by atoms with Gasteiger partial charge in [0.1, 0.15) is 28.9 Å². The largest absolute Gasteiger partial charge is 0.497 e. The minimum Gasteiger partial charge on any atom is -0.497 e. The van der Waals surface area contributed by atoms with Gasteiger partial charge in [0.25, 0.3) is 5.91 Å². The van der Waals surface area contributed by atoms with E-state index in [9.17, 15) is 18.8 Å². The Labute approximate surface area is 142 Å². The van der Waals surface area contributed by atoms with Gasteiger partial charge in [-0.1, -0.05) is 0 Å². The van der Waals surface area contributed by atoms with Crippen LogP contribution in [0.25, 0.3) is 6.08 Å². The van der Waals surface area contributed by atoms with E-state index in [1.54, 1.807) is 18.2 Å². The van der Waals surface area contributed by atoms with Gasteiger partial charge in [0.2, 0.25) is 0 Å². The second kappa shape index (κ2) is 8.49. The molecule has 0 aliphatic carbocycles. The summed E-state index contributed by atoms with van der Waals surface area (Å²) in [6, 6.07) is 9.13. The van der Waals surface area contributed by atoms with Crippen LogP contribution in [0.2, 0.25) is 0 Å². The molecule has 1 aromatic heterocycles. The first-order chi connectivity index (χ1) is 12.0. The highest BCUT2D eigenvalue weighted by atomic mass is 19.3. The van der Waals surface area contributed by atoms with Crippen LogP contribution in [-0.4, -0.2) is 19.6 Å². The van der Waals surface area contributed by atoms with Crippen LogP contribution in [-0.2, 0) is 11.3 Å². The van der Waals surface area contributed by atoms with Crippen LogP contribution in [0.1, 0.15) is 11.3 Å². The topological polar surface area (TPSA) is 84.5 Å². The molecule has 8 heteroatoms. The number of methoxy groups -OCH3 is 1. The molecule has 1 amide bonds. The Hall–Kier alpha value is -3.34. The van der Waals surface area contributed by atoms with Gasteiger partial charge in [0, 0.05) is 5.56 Å². The van der Waals surface area contributed by atoms with Crippen molar-refractivity contribution in [3.8, 4) is 17.6 Å². The van der Waals surface area contributed by atoms with Gasteiger partial charge in [-0.05, 0) is 36.4 Å². The molecule has 6 nitrogen and oxygen atoms in total. The molecule has 0 aliphatic heterocycles. The van der Waals surface area contributed by atoms with Crippen LogP contribution < -0.4 is 14.8 Å². The van der Waals surface area contributed by atoms with E-state index in [4.69, 9.17) is 9.15 Å². The number of benzene rings is 1. The number of rotatable bonds is 7. The maximum Gasteiger partial charge on any atom is 0.387 e. The molecular weight excluding hydrogens is 334 g/mol. The number of hydrogen-bond acceptors (Lipinski definition) is 5. The molecule has 0 aliphatic rings. The van der Waals surface area contributed by atoms with Gasteiger partial charge in [0.15, 0.2) is 0 Å². The zero-order chi connectivity index (χ0) is 18.2. The number of amides is 1. The maximum absolute atomic E-state index is 12.5. The lowest BCUT2D eigenvalue weighted by molar-refractivity contribution is -0.117. The van der Waals surface area contributed by atoms with E-state index < -0.39 is 12.5 Å². The molecule has 25 heavy (non-hydrogen) atoms. The van der Waals surface area contributed by atoms with Crippen molar-refractivity contribution in [3.63, 3.8) is 0 Å². The lowest BCUT2D eigenvalue weighted by atomic mass is 10.1. The van der Waals surface area contributed by atoms with Gasteiger partial charge in [-0.25, -0.2) is 0 Å². The summed E-state index contributed by atoms with van der Waals surface area (Å²) in [5.74, 6) is 0.0157. The van der Waals surface area contributed by atoms with Crippen molar-refractivity contribution >= 4 is 12.0 Å². The molecular formula is C17H14F2N2O4. The van der Waals surface area contributed by atoms with Crippen molar-refractivity contribution in [2.75, 3.05) is 7.11 Å². The van der Waals surface area contributed by atoms with E-state index in [1.165, 1.54) is 31.6 Å². The Morgan fingerprint density at radius 1 is 1.44 bits per heavy atom. The standard InChI is InChI=1S/C17H14F2N2O4/c1-23-13-4-5-15(25-17(18)19)11(8-13)7-12(9-20)16(22)21-10-14-3-2-6-24-14/h2-8,17H,10H2,1H3,(H,21,22)/b12-7-. The van der Waals surface area contributed by atoms with Crippen LogP contribution >= 0.6 is 0 Å². The molecule has 0 atom stereocenters. The first-order valence-electron chi connectivity index (χ1n) is 7.08. The SMILES string of the molecule is COc1ccc(OC(F)F)c(/C=C(/C#N)C(=O)NCc2ccco2)c1. The molecule has 0 unspecified atom stereocenters. The summed E-state index contributed by atoms with van der Waals surface area (Å²) in [4.78, 5) is 12.1. The third-order valence-electron chi connectivity index (χ3n) is 3.10. The van der Waals surface area contributed by atoms with Gasteiger partial charge >= 0.3 is 6.61 Å². The number of carbonyl (C=O) groups excluding carboxylic acids is 1. The van der Waals surface area contributed by atoms with E-state index >= 15 is 0 Å². The van der Waals surface area contributed by atoms with Gasteiger partial charge in [-0.2, -0.15) is 14.0 Å². The molecule has 1 N–H and O–H groups in total. The van der Waals surface area contributed by atoms with E-state index in [2.05, 4.69) is 10.1 Å². The lowest BCUT2D eigenvalue weighted by Crippen LogP contribution is -2.23. The summed E-state index contributed by atoms with van der Waals surface area (Å²) in [5.41, 5.74) is -0.164. The molecule has 1 aromatic carbocycles. The van der Waals surface area contributed by atoms with Crippen molar-refractivity contribution in [3.05, 3.63) is 53.5 Å². The molecule has 2 rings (SSSR count). The highest BCUT2D eigenvalue weighted by Crippen LogP contribution is 2.27. The summed E-state index contributed by atoms with van der Waals surface area (Å²) < 4.78 is 39.5. The second-order valence-electron chi connectivity index (χ2n) is 4.71. The minimum atomic E-state index is -3.04. The minimum absolute atomic E-state index is 0.0867. The number of hydrogen-bond donors (Lipinski definition) is 1. The van der Waals surface area contributed by atoms with Crippen LogP contribution in [0.3, 0.4) is 0 Å². The molecule has 130 valence electrons. The third kappa shape index (κ3) is 5.07. The number of nitrogens with one attached hydrogen (secondary N) is 1. The quantitative estimate of drug-likeness (QED) is 0.614. The fourth-order valence-electron chi connectivity index (χ4n) is 1.95. The number of alkyl halides is 2. The Balaban J connectivity index is 2.24. The Morgan fingerprint density at radius 3 is 2.84 bits per heavy atom. The number of ether oxygens (including phenoxy) is 2. The van der Waals surface area contributed by atoms with E-state index in [-0.39, 0.29) is 23.4 Å². The summed E-state index contributed by atoms with van der Waals surface area (Å²) in [7, 11) is 1.40. The summed E-state index contributed by atoms with van der Waals surface area (Å²) in [6.07, 6.45) is 2.60. The summed E-state index contributed by atoms with van der Waals surface area (Å²) >= 11 is 0. The molecule has 0 spiro atoms. The number of nitriles is 1. The van der Waals surface area contributed by atoms with Crippen molar-refractivity contribution in [1.29, 1.82) is 5.26 Å². The van der Waals surface area contributed by atoms with Gasteiger partial charge in [-0.15, -0.1) is 0 Å². The second-order valence-corrected chi connectivity index (χ2v) is 4.71. The highest BCUT2D eigenvalue weighted by molar-refractivity contribution is 6.02. The van der Waals surface area contributed by atoms with Crippen LogP contribution in [0.5, 0.6) is 11.5 Å². The number of halogens is 2. The van der Waals surface area contributed by atoms with E-state index in [0.717, 1.165) is 6.08 Å². The number of nitrogens with zero attached hydrogens (tertiary/aromatic N) is 1. The molecule has 0 fully saturated rings. The van der Waals surface area contributed by atoms with Crippen LogP contribution in [0.15, 0.2) is 46.6 Å². The zero-order valence-electron chi connectivity index (χ0n) is 13.2. The Morgan fingerprint density at radius 2 is 2.24 bits per heavy atom. The van der Waals surface area contributed by atoms with Crippen molar-refractivity contribution in [1.82, 2.24) is 5.32 Å². The molecule has 0 saturated heterocycles. The lowest BCUT2D eigenvalue weighted by Gasteiger charge is -2.10. The molecule has 0 saturated carbocycles. The monoisotopic (exact) mass is 348 g/mol. The number of furan rings is 1. The fraction of sp³-hybridized carbons (Fsp3) is 0.176. The molecule has 2 aromatic rings. The first kappa shape index (κ1) is 18.0. The Kier molecular flexibility index (Phi) is 6.12. The maximum atomic E-state index is 12.5. The molecule has 0 bridgehead atoms. The average molecular weight is 348 g/mol. The van der Waals surface area contributed by atoms with Gasteiger partial charge < -0.3 is 19.2 Å². The predicted octanol–water partition coefficient (Wildman–Crippen LogP) is 3.11. The third-order valence-corrected chi connectivity index (χ3v) is 3.10. The molecule has 0 radical (unpaired) electrons. The first-order valence-corrected chi connectivity index (χ1v) is 7.08. The van der Waals surface area contributed by atoms with Crippen LogP contribution in [0.4, 0.5) is 8.78 Å². The smallest absolute Gasteiger partial charge is 0.387 e. The summed E-state index contributed by atoms with van der Waals surface area (Å²) in [6.45, 7) is -2.96. The molecule has 1 heterocycles. The summed E-state index contributed by atoms with van der Waals surface area (Å²) in [5, 5.41) is 11.7.